The summed E-state index contributed by atoms with van der Waals surface area (Å²) < 4.78 is 4.52. The van der Waals surface area contributed by atoms with Gasteiger partial charge in [-0.25, -0.2) is 0 Å². The van der Waals surface area contributed by atoms with Gasteiger partial charge in [-0.2, -0.15) is 0 Å². The van der Waals surface area contributed by atoms with E-state index < -0.39 is 0 Å². The first-order valence-corrected chi connectivity index (χ1v) is 7.31. The fourth-order valence-electron chi connectivity index (χ4n) is 1.93. The fourth-order valence-corrected chi connectivity index (χ4v) is 2.68. The lowest BCUT2D eigenvalue weighted by Gasteiger charge is -2.22. The van der Waals surface area contributed by atoms with Crippen molar-refractivity contribution in [2.45, 2.75) is 44.6 Å². The average molecular weight is 259 g/mol. The van der Waals surface area contributed by atoms with Crippen LogP contribution in [0.1, 0.15) is 38.5 Å². The van der Waals surface area contributed by atoms with Crippen molar-refractivity contribution in [3.05, 3.63) is 0 Å². The van der Waals surface area contributed by atoms with Crippen LogP contribution in [0.4, 0.5) is 0 Å². The van der Waals surface area contributed by atoms with Crippen molar-refractivity contribution >= 4 is 23.6 Å². The number of hydrogen-bond donors (Lipinski definition) is 1. The monoisotopic (exact) mass is 259 g/mol. The predicted molar refractivity (Wildman–Crippen MR) is 69.0 cm³/mol. The van der Waals surface area contributed by atoms with Crippen molar-refractivity contribution in [1.29, 1.82) is 0 Å². The number of amides is 1. The van der Waals surface area contributed by atoms with Gasteiger partial charge in [0.05, 0.1) is 12.9 Å². The Morgan fingerprint density at radius 3 is 2.65 bits per heavy atom. The number of thioether (sulfide) groups is 1. The lowest BCUT2D eigenvalue weighted by molar-refractivity contribution is -0.137. The Morgan fingerprint density at radius 1 is 1.29 bits per heavy atom. The molecule has 0 saturated heterocycles. The number of ether oxygens (including phenoxy) is 1. The van der Waals surface area contributed by atoms with E-state index in [-0.39, 0.29) is 11.9 Å². The molecule has 0 heterocycles. The van der Waals surface area contributed by atoms with Gasteiger partial charge in [0.25, 0.3) is 0 Å². The van der Waals surface area contributed by atoms with Gasteiger partial charge in [-0.1, -0.05) is 19.3 Å². The van der Waals surface area contributed by atoms with E-state index in [2.05, 4.69) is 10.1 Å². The van der Waals surface area contributed by atoms with E-state index in [1.165, 1.54) is 38.1 Å². The minimum Gasteiger partial charge on any atom is -0.468 e. The van der Waals surface area contributed by atoms with Crippen molar-refractivity contribution in [3.8, 4) is 0 Å². The molecule has 1 N–H and O–H groups in total. The van der Waals surface area contributed by atoms with Crippen LogP contribution in [0.2, 0.25) is 0 Å². The van der Waals surface area contributed by atoms with Crippen molar-refractivity contribution in [2.75, 3.05) is 18.6 Å². The molecule has 1 saturated carbocycles. The number of esters is 1. The first-order valence-electron chi connectivity index (χ1n) is 6.16. The Morgan fingerprint density at radius 2 is 2.00 bits per heavy atom. The van der Waals surface area contributed by atoms with Gasteiger partial charge in [0, 0.05) is 18.2 Å². The molecule has 5 heteroatoms. The van der Waals surface area contributed by atoms with Crippen molar-refractivity contribution in [2.24, 2.45) is 0 Å². The molecule has 0 radical (unpaired) electrons. The second-order valence-corrected chi connectivity index (χ2v) is 5.39. The van der Waals surface area contributed by atoms with E-state index in [4.69, 9.17) is 0 Å². The average Bonchev–Trinajstić information content (AvgIpc) is 2.35. The number of nitrogens with one attached hydrogen (secondary N) is 1. The lowest BCUT2D eigenvalue weighted by Crippen LogP contribution is -2.36. The summed E-state index contributed by atoms with van der Waals surface area (Å²) in [5, 5.41) is 3.05. The molecule has 98 valence electrons. The molecule has 0 bridgehead atoms. The van der Waals surface area contributed by atoms with Gasteiger partial charge in [-0.05, 0) is 12.8 Å². The summed E-state index contributed by atoms with van der Waals surface area (Å²) in [7, 11) is 1.37. The largest absolute Gasteiger partial charge is 0.468 e. The SMILES string of the molecule is COC(=O)CSCCC(=O)NC1CCCCC1. The number of rotatable bonds is 6. The Hall–Kier alpha value is -0.710. The van der Waals surface area contributed by atoms with E-state index in [9.17, 15) is 9.59 Å². The molecule has 1 aliphatic carbocycles. The second kappa shape index (κ2) is 8.39. The molecule has 4 nitrogen and oxygen atoms in total. The third-order valence-electron chi connectivity index (χ3n) is 2.89. The van der Waals surface area contributed by atoms with Gasteiger partial charge < -0.3 is 10.1 Å². The molecule has 17 heavy (non-hydrogen) atoms. The summed E-state index contributed by atoms with van der Waals surface area (Å²) in [6, 6.07) is 0.377. The number of carbonyl (C=O) groups is 2. The Balaban J connectivity index is 2.02. The first-order chi connectivity index (χ1) is 8.22. The fraction of sp³-hybridized carbons (Fsp3) is 0.833. The maximum atomic E-state index is 11.6. The number of methoxy groups -OCH3 is 1. The van der Waals surface area contributed by atoms with Crippen LogP contribution in [0.3, 0.4) is 0 Å². The quantitative estimate of drug-likeness (QED) is 0.583. The van der Waals surface area contributed by atoms with Crippen LogP contribution in [0.15, 0.2) is 0 Å². The van der Waals surface area contributed by atoms with Gasteiger partial charge in [-0.3, -0.25) is 9.59 Å². The molecule has 0 atom stereocenters. The number of carbonyl (C=O) groups excluding carboxylic acids is 2. The molecule has 1 rings (SSSR count). The van der Waals surface area contributed by atoms with Crippen LogP contribution < -0.4 is 5.32 Å². The highest BCUT2D eigenvalue weighted by Crippen LogP contribution is 2.17. The van der Waals surface area contributed by atoms with Gasteiger partial charge in [0.1, 0.15) is 0 Å². The summed E-state index contributed by atoms with van der Waals surface area (Å²) in [5.41, 5.74) is 0. The summed E-state index contributed by atoms with van der Waals surface area (Å²) in [6.07, 6.45) is 6.45. The zero-order chi connectivity index (χ0) is 12.5. The zero-order valence-electron chi connectivity index (χ0n) is 10.4. The van der Waals surface area contributed by atoms with E-state index in [0.29, 0.717) is 24.0 Å². The molecule has 0 aliphatic heterocycles. The van der Waals surface area contributed by atoms with Crippen LogP contribution in [-0.4, -0.2) is 36.5 Å². The first kappa shape index (κ1) is 14.4. The summed E-state index contributed by atoms with van der Waals surface area (Å²) in [4.78, 5) is 22.4. The Kier molecular flexibility index (Phi) is 7.08. The summed E-state index contributed by atoms with van der Waals surface area (Å²) in [5.74, 6) is 0.873. The van der Waals surface area contributed by atoms with E-state index in [1.807, 2.05) is 0 Å². The molecule has 0 unspecified atom stereocenters. The van der Waals surface area contributed by atoms with E-state index in [1.54, 1.807) is 0 Å². The summed E-state index contributed by atoms with van der Waals surface area (Å²) in [6.45, 7) is 0. The number of hydrogen-bond acceptors (Lipinski definition) is 4. The Bertz CT molecular complexity index is 252. The molecule has 0 aromatic carbocycles. The molecule has 0 aromatic rings. The molecule has 0 aromatic heterocycles. The molecular weight excluding hydrogens is 238 g/mol. The topological polar surface area (TPSA) is 55.4 Å². The molecule has 1 amide bonds. The van der Waals surface area contributed by atoms with Crippen LogP contribution >= 0.6 is 11.8 Å². The third-order valence-corrected chi connectivity index (χ3v) is 3.82. The van der Waals surface area contributed by atoms with E-state index in [0.717, 1.165) is 12.8 Å². The molecule has 0 spiro atoms. The highest BCUT2D eigenvalue weighted by molar-refractivity contribution is 7.99. The lowest BCUT2D eigenvalue weighted by atomic mass is 9.95. The van der Waals surface area contributed by atoms with Gasteiger partial charge >= 0.3 is 5.97 Å². The van der Waals surface area contributed by atoms with Gasteiger partial charge in [0.2, 0.25) is 5.91 Å². The highest BCUT2D eigenvalue weighted by Gasteiger charge is 2.15. The van der Waals surface area contributed by atoms with E-state index >= 15 is 0 Å². The van der Waals surface area contributed by atoms with Crippen LogP contribution in [0.25, 0.3) is 0 Å². The minimum absolute atomic E-state index is 0.106. The van der Waals surface area contributed by atoms with Crippen LogP contribution in [0, 0.1) is 0 Å². The van der Waals surface area contributed by atoms with Gasteiger partial charge in [-0.15, -0.1) is 11.8 Å². The maximum absolute atomic E-state index is 11.6. The smallest absolute Gasteiger partial charge is 0.315 e. The standard InChI is InChI=1S/C12H21NO3S/c1-16-12(15)9-17-8-7-11(14)13-10-5-3-2-4-6-10/h10H,2-9H2,1H3,(H,13,14). The molecule has 1 aliphatic rings. The zero-order valence-corrected chi connectivity index (χ0v) is 11.2. The van der Waals surface area contributed by atoms with Gasteiger partial charge in [0.15, 0.2) is 0 Å². The third kappa shape index (κ3) is 6.56. The van der Waals surface area contributed by atoms with Crippen molar-refractivity contribution < 1.29 is 14.3 Å². The van der Waals surface area contributed by atoms with Crippen molar-refractivity contribution in [3.63, 3.8) is 0 Å². The minimum atomic E-state index is -0.234. The highest BCUT2D eigenvalue weighted by atomic mass is 32.2. The van der Waals surface area contributed by atoms with Crippen molar-refractivity contribution in [1.82, 2.24) is 5.32 Å². The maximum Gasteiger partial charge on any atom is 0.315 e. The predicted octanol–water partition coefficient (Wildman–Crippen LogP) is 1.73. The molecular formula is C12H21NO3S. The normalized spacial score (nSPS) is 16.5. The van der Waals surface area contributed by atoms with Crippen LogP contribution in [0.5, 0.6) is 0 Å². The van der Waals surface area contributed by atoms with Crippen LogP contribution in [-0.2, 0) is 14.3 Å². The summed E-state index contributed by atoms with van der Waals surface area (Å²) >= 11 is 1.44. The Labute approximate surface area is 107 Å². The second-order valence-electron chi connectivity index (χ2n) is 4.28. The molecule has 1 fully saturated rings.